The van der Waals surface area contributed by atoms with Gasteiger partial charge >= 0.3 is 0 Å². The van der Waals surface area contributed by atoms with Gasteiger partial charge in [-0.2, -0.15) is 4.72 Å². The molecule has 2 aliphatic rings. The summed E-state index contributed by atoms with van der Waals surface area (Å²) in [6.45, 7) is 6.03. The Morgan fingerprint density at radius 3 is 2.50 bits per heavy atom. The van der Waals surface area contributed by atoms with Gasteiger partial charge in [-0.15, -0.1) is 0 Å². The van der Waals surface area contributed by atoms with Crippen molar-refractivity contribution in [3.8, 4) is 17.2 Å². The van der Waals surface area contributed by atoms with Crippen molar-refractivity contribution in [3.05, 3.63) is 36.4 Å². The van der Waals surface area contributed by atoms with Gasteiger partial charge in [0.1, 0.15) is 11.8 Å². The lowest BCUT2D eigenvalue weighted by molar-refractivity contribution is -0.122. The summed E-state index contributed by atoms with van der Waals surface area (Å²) in [7, 11) is -4.04. The fourth-order valence-electron chi connectivity index (χ4n) is 3.54. The molecule has 182 valence electrons. The highest BCUT2D eigenvalue weighted by Crippen LogP contribution is 2.33. The van der Waals surface area contributed by atoms with Crippen LogP contribution in [-0.2, 0) is 19.6 Å². The van der Waals surface area contributed by atoms with E-state index < -0.39 is 28.1 Å². The van der Waals surface area contributed by atoms with Crippen LogP contribution < -0.4 is 29.6 Å². The van der Waals surface area contributed by atoms with E-state index >= 15 is 0 Å². The van der Waals surface area contributed by atoms with Crippen LogP contribution in [0.2, 0.25) is 0 Å². The van der Waals surface area contributed by atoms with Crippen molar-refractivity contribution < 1.29 is 32.2 Å². The molecule has 0 radical (unpaired) electrons. The fraction of sp³-hybridized carbons (Fsp3) is 0.391. The number of carbonyl (C=O) groups is 2. The van der Waals surface area contributed by atoms with Gasteiger partial charge in [-0.3, -0.25) is 9.59 Å². The van der Waals surface area contributed by atoms with E-state index in [1.54, 1.807) is 45.0 Å². The van der Waals surface area contributed by atoms with E-state index in [1.165, 1.54) is 12.1 Å². The lowest BCUT2D eigenvalue weighted by Gasteiger charge is -2.25. The average Bonchev–Trinajstić information content (AvgIpc) is 3.03. The molecule has 2 aliphatic heterocycles. The third kappa shape index (κ3) is 5.10. The first-order valence-electron chi connectivity index (χ1n) is 11.0. The zero-order valence-corrected chi connectivity index (χ0v) is 19.9. The summed E-state index contributed by atoms with van der Waals surface area (Å²) in [6, 6.07) is 8.12. The largest absolute Gasteiger partial charge is 0.490 e. The smallest absolute Gasteiger partial charge is 0.265 e. The minimum atomic E-state index is -4.04. The van der Waals surface area contributed by atoms with Crippen LogP contribution in [0, 0.1) is 5.92 Å². The second kappa shape index (κ2) is 9.51. The molecule has 4 rings (SSSR count). The Labute approximate surface area is 198 Å². The second-order valence-corrected chi connectivity index (χ2v) is 10.2. The maximum Gasteiger partial charge on any atom is 0.265 e. The van der Waals surface area contributed by atoms with Gasteiger partial charge < -0.3 is 24.8 Å². The quantitative estimate of drug-likeness (QED) is 0.568. The lowest BCUT2D eigenvalue weighted by atomic mass is 10.0. The summed E-state index contributed by atoms with van der Waals surface area (Å²) < 4.78 is 45.3. The summed E-state index contributed by atoms with van der Waals surface area (Å²) in [4.78, 5) is 24.9. The highest BCUT2D eigenvalue weighted by molar-refractivity contribution is 7.89. The number of benzene rings is 2. The molecule has 11 heteroatoms. The van der Waals surface area contributed by atoms with E-state index in [4.69, 9.17) is 14.2 Å². The Balaban J connectivity index is 1.51. The number of anilines is 2. The van der Waals surface area contributed by atoms with Gasteiger partial charge in [0.05, 0.1) is 23.8 Å². The van der Waals surface area contributed by atoms with Crippen LogP contribution in [0.5, 0.6) is 17.2 Å². The van der Waals surface area contributed by atoms with Gasteiger partial charge in [0.25, 0.3) is 5.91 Å². The fourth-order valence-corrected chi connectivity index (χ4v) is 4.90. The van der Waals surface area contributed by atoms with Gasteiger partial charge in [0.2, 0.25) is 15.9 Å². The first-order chi connectivity index (χ1) is 16.1. The van der Waals surface area contributed by atoms with E-state index in [0.29, 0.717) is 48.3 Å². The van der Waals surface area contributed by atoms with E-state index in [0.717, 1.165) is 0 Å². The van der Waals surface area contributed by atoms with E-state index in [-0.39, 0.29) is 16.7 Å². The molecule has 0 fully saturated rings. The molecule has 2 aromatic rings. The van der Waals surface area contributed by atoms with Gasteiger partial charge in [0.15, 0.2) is 17.6 Å². The number of rotatable bonds is 6. The topological polar surface area (TPSA) is 132 Å². The Hall–Kier alpha value is -3.31. The van der Waals surface area contributed by atoms with Crippen molar-refractivity contribution in [2.75, 3.05) is 23.8 Å². The van der Waals surface area contributed by atoms with Gasteiger partial charge in [-0.25, -0.2) is 8.42 Å². The van der Waals surface area contributed by atoms with Gasteiger partial charge in [-0.1, -0.05) is 13.8 Å². The molecular weight excluding hydrogens is 462 g/mol. The van der Waals surface area contributed by atoms with Crippen LogP contribution in [0.3, 0.4) is 0 Å². The van der Waals surface area contributed by atoms with Crippen molar-refractivity contribution in [1.29, 1.82) is 0 Å². The predicted octanol–water partition coefficient (Wildman–Crippen LogP) is 2.51. The van der Waals surface area contributed by atoms with Crippen LogP contribution in [0.1, 0.15) is 27.2 Å². The normalized spacial score (nSPS) is 18.2. The average molecular weight is 490 g/mol. The number of hydrogen-bond acceptors (Lipinski definition) is 7. The third-order valence-electron chi connectivity index (χ3n) is 5.44. The third-order valence-corrected chi connectivity index (χ3v) is 6.88. The number of carbonyl (C=O) groups excluding carboxylic acids is 2. The van der Waals surface area contributed by atoms with Gasteiger partial charge in [-0.05, 0) is 43.2 Å². The SMILES string of the molecule is CC(C)[C@@H](NS(=O)(=O)c1ccc2c(c1)OCCCO2)C(=O)Nc1ccc2c(c1)NC(=O)[C@H](C)O2. The molecule has 0 spiro atoms. The first-order valence-corrected chi connectivity index (χ1v) is 12.5. The summed E-state index contributed by atoms with van der Waals surface area (Å²) in [5, 5.41) is 5.43. The van der Waals surface area contributed by atoms with Crippen LogP contribution in [0.15, 0.2) is 41.3 Å². The Morgan fingerprint density at radius 2 is 1.76 bits per heavy atom. The van der Waals surface area contributed by atoms with Gasteiger partial charge in [0, 0.05) is 18.2 Å². The molecule has 0 aromatic heterocycles. The Morgan fingerprint density at radius 1 is 1.06 bits per heavy atom. The molecule has 0 unspecified atom stereocenters. The summed E-state index contributed by atoms with van der Waals surface area (Å²) in [5.74, 6) is 0.131. The van der Waals surface area contributed by atoms with Crippen LogP contribution in [-0.4, -0.2) is 45.6 Å². The van der Waals surface area contributed by atoms with Crippen molar-refractivity contribution >= 4 is 33.2 Å². The number of fused-ring (bicyclic) bond motifs is 2. The molecule has 0 saturated heterocycles. The zero-order valence-electron chi connectivity index (χ0n) is 19.1. The maximum absolute atomic E-state index is 13.1. The molecule has 2 heterocycles. The molecule has 34 heavy (non-hydrogen) atoms. The highest BCUT2D eigenvalue weighted by atomic mass is 32.2. The van der Waals surface area contributed by atoms with Crippen LogP contribution >= 0.6 is 0 Å². The zero-order chi connectivity index (χ0) is 24.5. The molecule has 2 amide bonds. The molecule has 10 nitrogen and oxygen atoms in total. The lowest BCUT2D eigenvalue weighted by Crippen LogP contribution is -2.47. The molecule has 3 N–H and O–H groups in total. The minimum Gasteiger partial charge on any atom is -0.490 e. The standard InChI is InChI=1S/C23H27N3O7S/c1-13(2)21(23(28)24-15-5-7-18-17(11-15)25-22(27)14(3)33-18)26-34(29,30)16-6-8-19-20(12-16)32-10-4-9-31-19/h5-8,11-14,21,26H,4,9-10H2,1-3H3,(H,24,28)(H,25,27)/t14-,21+/m0/s1. The number of amides is 2. The van der Waals surface area contributed by atoms with Crippen LogP contribution in [0.25, 0.3) is 0 Å². The molecule has 2 atom stereocenters. The highest BCUT2D eigenvalue weighted by Gasteiger charge is 2.30. The predicted molar refractivity (Wildman–Crippen MR) is 125 cm³/mol. The maximum atomic E-state index is 13.1. The number of hydrogen-bond donors (Lipinski definition) is 3. The summed E-state index contributed by atoms with van der Waals surface area (Å²) in [6.07, 6.45) is 0.0832. The minimum absolute atomic E-state index is 0.0297. The Bertz CT molecular complexity index is 1210. The van der Waals surface area contributed by atoms with E-state index in [1.807, 2.05) is 0 Å². The summed E-state index contributed by atoms with van der Waals surface area (Å²) >= 11 is 0. The monoisotopic (exact) mass is 489 g/mol. The van der Waals surface area contributed by atoms with Crippen molar-refractivity contribution in [2.24, 2.45) is 5.92 Å². The van der Waals surface area contributed by atoms with Crippen molar-refractivity contribution in [3.63, 3.8) is 0 Å². The van der Waals surface area contributed by atoms with Crippen molar-refractivity contribution in [1.82, 2.24) is 4.72 Å². The van der Waals surface area contributed by atoms with Crippen molar-refractivity contribution in [2.45, 2.75) is 44.2 Å². The molecular formula is C23H27N3O7S. The van der Waals surface area contributed by atoms with E-state index in [9.17, 15) is 18.0 Å². The second-order valence-electron chi connectivity index (χ2n) is 8.45. The number of ether oxygens (including phenoxy) is 3. The molecule has 0 aliphatic carbocycles. The molecule has 2 aromatic carbocycles. The molecule has 0 saturated carbocycles. The summed E-state index contributed by atoms with van der Waals surface area (Å²) in [5.41, 5.74) is 0.817. The van der Waals surface area contributed by atoms with E-state index in [2.05, 4.69) is 15.4 Å². The number of sulfonamides is 1. The number of nitrogens with one attached hydrogen (secondary N) is 3. The molecule has 0 bridgehead atoms. The van der Waals surface area contributed by atoms with Crippen LogP contribution in [0.4, 0.5) is 11.4 Å². The Kier molecular flexibility index (Phi) is 6.67. The first kappa shape index (κ1) is 23.8.